The lowest BCUT2D eigenvalue weighted by atomic mass is 10.00. The molecule has 0 radical (unpaired) electrons. The van der Waals surface area contributed by atoms with Crippen LogP contribution in [0, 0.1) is 17.8 Å². The van der Waals surface area contributed by atoms with Crippen LogP contribution in [-0.4, -0.2) is 29.5 Å². The summed E-state index contributed by atoms with van der Waals surface area (Å²) in [4.78, 5) is 34.8. The fourth-order valence-electron chi connectivity index (χ4n) is 2.60. The van der Waals surface area contributed by atoms with Crippen LogP contribution < -0.4 is 0 Å². The van der Waals surface area contributed by atoms with Crippen LogP contribution in [0.2, 0.25) is 0 Å². The average molecular weight is 195 g/mol. The molecule has 4 heteroatoms. The van der Waals surface area contributed by atoms with Gasteiger partial charge in [0.25, 0.3) is 0 Å². The second-order valence-electron chi connectivity index (χ2n) is 4.24. The van der Waals surface area contributed by atoms with Crippen molar-refractivity contribution >= 4 is 18.1 Å². The number of imide groups is 1. The number of fused-ring (bicyclic) bond motifs is 1. The maximum absolute atomic E-state index is 11.7. The Morgan fingerprint density at radius 1 is 1.29 bits per heavy atom. The first-order valence-corrected chi connectivity index (χ1v) is 4.94. The highest BCUT2D eigenvalue weighted by atomic mass is 16.2. The minimum Gasteiger partial charge on any atom is -0.301 e. The van der Waals surface area contributed by atoms with E-state index < -0.39 is 0 Å². The van der Waals surface area contributed by atoms with E-state index >= 15 is 0 Å². The van der Waals surface area contributed by atoms with Crippen molar-refractivity contribution in [2.75, 3.05) is 6.54 Å². The Bertz CT molecular complexity index is 276. The van der Waals surface area contributed by atoms with Gasteiger partial charge < -0.3 is 4.79 Å². The Morgan fingerprint density at radius 3 is 2.21 bits per heavy atom. The number of likely N-dealkylation sites (tertiary alicyclic amines) is 1. The number of carbonyl (C=O) groups is 3. The van der Waals surface area contributed by atoms with Gasteiger partial charge in [-0.3, -0.25) is 14.5 Å². The quantitative estimate of drug-likeness (QED) is 0.467. The number of hydrogen-bond donors (Lipinski definition) is 0. The van der Waals surface area contributed by atoms with Crippen LogP contribution in [-0.2, 0) is 14.4 Å². The Hall–Kier alpha value is -1.19. The molecule has 1 aliphatic carbocycles. The monoisotopic (exact) mass is 195 g/mol. The summed E-state index contributed by atoms with van der Waals surface area (Å²) in [5.74, 6) is -0.112. The molecule has 0 bridgehead atoms. The molecule has 1 heterocycles. The molecule has 1 saturated heterocycles. The number of nitrogens with zero attached hydrogens (tertiary/aromatic N) is 1. The van der Waals surface area contributed by atoms with Gasteiger partial charge in [-0.1, -0.05) is 6.92 Å². The predicted molar refractivity (Wildman–Crippen MR) is 48.2 cm³/mol. The molecule has 2 aliphatic rings. The summed E-state index contributed by atoms with van der Waals surface area (Å²) in [5, 5.41) is 0. The van der Waals surface area contributed by atoms with Crippen LogP contribution in [0.25, 0.3) is 0 Å². The Labute approximate surface area is 82.3 Å². The maximum Gasteiger partial charge on any atom is 0.233 e. The molecule has 4 nitrogen and oxygen atoms in total. The molecular formula is C10H13NO3. The Balaban J connectivity index is 2.19. The number of hydrogen-bond acceptors (Lipinski definition) is 3. The van der Waals surface area contributed by atoms with Gasteiger partial charge in [0.05, 0.1) is 18.4 Å². The molecular weight excluding hydrogens is 182 g/mol. The van der Waals surface area contributed by atoms with Crippen molar-refractivity contribution < 1.29 is 14.4 Å². The van der Waals surface area contributed by atoms with Gasteiger partial charge in [0.1, 0.15) is 6.29 Å². The molecule has 1 aliphatic heterocycles. The topological polar surface area (TPSA) is 54.5 Å². The molecule has 1 saturated carbocycles. The van der Waals surface area contributed by atoms with E-state index in [-0.39, 0.29) is 30.2 Å². The summed E-state index contributed by atoms with van der Waals surface area (Å²) in [6, 6.07) is 0. The van der Waals surface area contributed by atoms with Crippen molar-refractivity contribution in [3.8, 4) is 0 Å². The average Bonchev–Trinajstić information content (AvgIpc) is 2.61. The smallest absolute Gasteiger partial charge is 0.233 e. The molecule has 2 rings (SSSR count). The summed E-state index contributed by atoms with van der Waals surface area (Å²) in [5.41, 5.74) is 0. The molecule has 0 aromatic rings. The second-order valence-corrected chi connectivity index (χ2v) is 4.24. The van der Waals surface area contributed by atoms with Crippen molar-refractivity contribution in [3.63, 3.8) is 0 Å². The van der Waals surface area contributed by atoms with Crippen LogP contribution in [0.3, 0.4) is 0 Å². The zero-order chi connectivity index (χ0) is 10.3. The van der Waals surface area contributed by atoms with Crippen molar-refractivity contribution in [2.45, 2.75) is 19.8 Å². The highest BCUT2D eigenvalue weighted by molar-refractivity contribution is 6.06. The second kappa shape index (κ2) is 3.19. The summed E-state index contributed by atoms with van der Waals surface area (Å²) in [7, 11) is 0. The summed E-state index contributed by atoms with van der Waals surface area (Å²) in [6.45, 7) is 1.99. The number of amides is 2. The molecule has 2 amide bonds. The standard InChI is InChI=1S/C10H13NO3/c1-6-4-7-8(5-6)10(14)11(2-3-12)9(7)13/h3,6-8H,2,4-5H2,1H3. The maximum atomic E-state index is 11.7. The van der Waals surface area contributed by atoms with Gasteiger partial charge in [0.15, 0.2) is 0 Å². The van der Waals surface area contributed by atoms with Gasteiger partial charge in [0.2, 0.25) is 11.8 Å². The van der Waals surface area contributed by atoms with Crippen molar-refractivity contribution in [2.24, 2.45) is 17.8 Å². The molecule has 2 atom stereocenters. The fourth-order valence-corrected chi connectivity index (χ4v) is 2.60. The van der Waals surface area contributed by atoms with E-state index in [4.69, 9.17) is 0 Å². The summed E-state index contributed by atoms with van der Waals surface area (Å²) >= 11 is 0. The molecule has 2 fully saturated rings. The van der Waals surface area contributed by atoms with E-state index in [2.05, 4.69) is 6.92 Å². The van der Waals surface area contributed by atoms with Crippen LogP contribution in [0.5, 0.6) is 0 Å². The van der Waals surface area contributed by atoms with E-state index in [0.29, 0.717) is 12.2 Å². The van der Waals surface area contributed by atoms with Crippen LogP contribution in [0.4, 0.5) is 0 Å². The van der Waals surface area contributed by atoms with Gasteiger partial charge in [-0.2, -0.15) is 0 Å². The Morgan fingerprint density at radius 2 is 1.79 bits per heavy atom. The highest BCUT2D eigenvalue weighted by Gasteiger charge is 2.51. The predicted octanol–water partition coefficient (Wildman–Crippen LogP) is 0.216. The summed E-state index contributed by atoms with van der Waals surface area (Å²) < 4.78 is 0. The first kappa shape index (κ1) is 9.37. The molecule has 2 unspecified atom stereocenters. The molecule has 0 aromatic heterocycles. The third-order valence-electron chi connectivity index (χ3n) is 3.22. The lowest BCUT2D eigenvalue weighted by molar-refractivity contribution is -0.142. The van der Waals surface area contributed by atoms with E-state index in [1.807, 2.05) is 0 Å². The Kier molecular flexibility index (Phi) is 2.13. The van der Waals surface area contributed by atoms with Gasteiger partial charge in [0, 0.05) is 0 Å². The van der Waals surface area contributed by atoms with E-state index in [9.17, 15) is 14.4 Å². The fraction of sp³-hybridized carbons (Fsp3) is 0.700. The van der Waals surface area contributed by atoms with Crippen LogP contribution in [0.15, 0.2) is 0 Å². The first-order chi connectivity index (χ1) is 6.65. The SMILES string of the molecule is CC1CC2C(=O)N(CC=O)C(=O)C2C1. The third kappa shape index (κ3) is 1.17. The molecule has 0 N–H and O–H groups in total. The van der Waals surface area contributed by atoms with Crippen molar-refractivity contribution in [1.29, 1.82) is 0 Å². The van der Waals surface area contributed by atoms with Crippen LogP contribution in [0.1, 0.15) is 19.8 Å². The number of carbonyl (C=O) groups excluding carboxylic acids is 3. The van der Waals surface area contributed by atoms with Crippen LogP contribution >= 0.6 is 0 Å². The largest absolute Gasteiger partial charge is 0.301 e. The van der Waals surface area contributed by atoms with Gasteiger partial charge >= 0.3 is 0 Å². The summed E-state index contributed by atoms with van der Waals surface area (Å²) in [6.07, 6.45) is 2.20. The molecule has 0 aromatic carbocycles. The van der Waals surface area contributed by atoms with Gasteiger partial charge in [-0.25, -0.2) is 0 Å². The van der Waals surface area contributed by atoms with Crippen molar-refractivity contribution in [3.05, 3.63) is 0 Å². The highest BCUT2D eigenvalue weighted by Crippen LogP contribution is 2.42. The molecule has 14 heavy (non-hydrogen) atoms. The van der Waals surface area contributed by atoms with Gasteiger partial charge in [-0.05, 0) is 18.8 Å². The normalized spacial score (nSPS) is 36.4. The number of rotatable bonds is 2. The zero-order valence-corrected chi connectivity index (χ0v) is 8.10. The number of aldehydes is 1. The van der Waals surface area contributed by atoms with E-state index in [1.165, 1.54) is 0 Å². The zero-order valence-electron chi connectivity index (χ0n) is 8.10. The molecule has 76 valence electrons. The first-order valence-electron chi connectivity index (χ1n) is 4.94. The minimum atomic E-state index is -0.142. The third-order valence-corrected chi connectivity index (χ3v) is 3.22. The van der Waals surface area contributed by atoms with E-state index in [0.717, 1.165) is 17.7 Å². The van der Waals surface area contributed by atoms with E-state index in [1.54, 1.807) is 0 Å². The minimum absolute atomic E-state index is 0.0704. The van der Waals surface area contributed by atoms with Gasteiger partial charge in [-0.15, -0.1) is 0 Å². The lowest BCUT2D eigenvalue weighted by Gasteiger charge is -2.12. The molecule has 0 spiro atoms. The van der Waals surface area contributed by atoms with Crippen molar-refractivity contribution in [1.82, 2.24) is 4.90 Å². The lowest BCUT2D eigenvalue weighted by Crippen LogP contribution is -2.33.